The molecular formula is C16H26N2. The van der Waals surface area contributed by atoms with Gasteiger partial charge in [-0.05, 0) is 55.6 Å². The molecule has 0 aromatic carbocycles. The van der Waals surface area contributed by atoms with Crippen molar-refractivity contribution in [1.29, 1.82) is 0 Å². The van der Waals surface area contributed by atoms with Crippen LogP contribution in [0.1, 0.15) is 69.2 Å². The van der Waals surface area contributed by atoms with Gasteiger partial charge in [0.25, 0.3) is 0 Å². The zero-order valence-corrected chi connectivity index (χ0v) is 11.6. The average Bonchev–Trinajstić information content (AvgIpc) is 2.99. The van der Waals surface area contributed by atoms with E-state index in [2.05, 4.69) is 23.8 Å². The van der Waals surface area contributed by atoms with Crippen LogP contribution in [0.2, 0.25) is 0 Å². The van der Waals surface area contributed by atoms with Crippen LogP contribution in [-0.2, 0) is 13.0 Å². The largest absolute Gasteiger partial charge is 0.351 e. The highest BCUT2D eigenvalue weighted by atomic mass is 15.0. The average molecular weight is 246 g/mol. The van der Waals surface area contributed by atoms with E-state index in [0.29, 0.717) is 5.41 Å². The maximum absolute atomic E-state index is 6.22. The van der Waals surface area contributed by atoms with E-state index in [1.54, 1.807) is 0 Å². The molecule has 1 atom stereocenters. The lowest BCUT2D eigenvalue weighted by Gasteiger charge is -2.30. The van der Waals surface area contributed by atoms with E-state index in [9.17, 15) is 0 Å². The summed E-state index contributed by atoms with van der Waals surface area (Å²) in [6, 6.07) is 2.56. The number of hydrogen-bond donors (Lipinski definition) is 1. The van der Waals surface area contributed by atoms with Crippen molar-refractivity contribution in [2.24, 2.45) is 11.1 Å². The van der Waals surface area contributed by atoms with Crippen molar-refractivity contribution in [3.63, 3.8) is 0 Å². The molecule has 3 rings (SSSR count). The molecule has 2 nitrogen and oxygen atoms in total. The zero-order chi connectivity index (χ0) is 12.6. The first-order valence-corrected chi connectivity index (χ1v) is 7.68. The minimum atomic E-state index is 0.288. The van der Waals surface area contributed by atoms with Gasteiger partial charge in [0.1, 0.15) is 0 Å². The predicted molar refractivity (Wildman–Crippen MR) is 75.5 cm³/mol. The summed E-state index contributed by atoms with van der Waals surface area (Å²) in [4.78, 5) is 0. The van der Waals surface area contributed by atoms with Crippen molar-refractivity contribution < 1.29 is 0 Å². The van der Waals surface area contributed by atoms with Crippen LogP contribution >= 0.6 is 0 Å². The number of fused-ring (bicyclic) bond motifs is 1. The third kappa shape index (κ3) is 2.01. The molecule has 1 unspecified atom stereocenters. The van der Waals surface area contributed by atoms with Crippen LogP contribution in [0, 0.1) is 5.41 Å². The van der Waals surface area contributed by atoms with Gasteiger partial charge in [0.2, 0.25) is 0 Å². The van der Waals surface area contributed by atoms with E-state index in [-0.39, 0.29) is 6.04 Å². The third-order valence-corrected chi connectivity index (χ3v) is 5.36. The molecule has 0 amide bonds. The molecule has 1 heterocycles. The van der Waals surface area contributed by atoms with Crippen molar-refractivity contribution in [2.45, 2.75) is 70.9 Å². The Morgan fingerprint density at radius 2 is 2.11 bits per heavy atom. The fraction of sp³-hybridized carbons (Fsp3) is 0.750. The van der Waals surface area contributed by atoms with Crippen LogP contribution in [0.25, 0.3) is 0 Å². The van der Waals surface area contributed by atoms with Gasteiger partial charge >= 0.3 is 0 Å². The fourth-order valence-corrected chi connectivity index (χ4v) is 4.05. The van der Waals surface area contributed by atoms with Gasteiger partial charge in [-0.15, -0.1) is 0 Å². The Hall–Kier alpha value is -0.760. The van der Waals surface area contributed by atoms with E-state index in [1.165, 1.54) is 62.7 Å². The molecule has 1 fully saturated rings. The Morgan fingerprint density at radius 3 is 2.83 bits per heavy atom. The van der Waals surface area contributed by atoms with Crippen molar-refractivity contribution in [3.05, 3.63) is 23.5 Å². The summed E-state index contributed by atoms with van der Waals surface area (Å²) >= 11 is 0. The van der Waals surface area contributed by atoms with Gasteiger partial charge in [-0.3, -0.25) is 0 Å². The first-order valence-electron chi connectivity index (χ1n) is 7.68. The van der Waals surface area contributed by atoms with E-state index in [4.69, 9.17) is 5.73 Å². The van der Waals surface area contributed by atoms with Crippen LogP contribution in [0.4, 0.5) is 0 Å². The van der Waals surface area contributed by atoms with E-state index >= 15 is 0 Å². The Balaban J connectivity index is 1.85. The van der Waals surface area contributed by atoms with E-state index < -0.39 is 0 Å². The summed E-state index contributed by atoms with van der Waals surface area (Å²) in [5, 5.41) is 0. The molecule has 18 heavy (non-hydrogen) atoms. The summed E-state index contributed by atoms with van der Waals surface area (Å²) < 4.78 is 2.53. The number of hydrogen-bond acceptors (Lipinski definition) is 1. The summed E-state index contributed by atoms with van der Waals surface area (Å²) in [6.45, 7) is 3.60. The highest BCUT2D eigenvalue weighted by Gasteiger charge is 2.33. The van der Waals surface area contributed by atoms with Crippen molar-refractivity contribution >= 4 is 0 Å². The summed E-state index contributed by atoms with van der Waals surface area (Å²) in [7, 11) is 0. The third-order valence-electron chi connectivity index (χ3n) is 5.36. The van der Waals surface area contributed by atoms with E-state index in [0.717, 1.165) is 6.42 Å². The molecule has 0 radical (unpaired) electrons. The SMILES string of the molecule is CCC1(Cn2ccc3c2CCCC3N)CCCC1. The highest BCUT2D eigenvalue weighted by Crippen LogP contribution is 2.43. The quantitative estimate of drug-likeness (QED) is 0.864. The monoisotopic (exact) mass is 246 g/mol. The topological polar surface area (TPSA) is 30.9 Å². The van der Waals surface area contributed by atoms with Gasteiger partial charge in [0.05, 0.1) is 0 Å². The molecule has 2 aliphatic rings. The van der Waals surface area contributed by atoms with Crippen LogP contribution in [0.5, 0.6) is 0 Å². The molecule has 1 aromatic rings. The molecule has 2 N–H and O–H groups in total. The molecule has 0 spiro atoms. The number of rotatable bonds is 3. The lowest BCUT2D eigenvalue weighted by molar-refractivity contribution is 0.234. The number of nitrogens with two attached hydrogens (primary N) is 1. The molecule has 100 valence electrons. The van der Waals surface area contributed by atoms with Crippen molar-refractivity contribution in [2.75, 3.05) is 0 Å². The van der Waals surface area contributed by atoms with Crippen LogP contribution in [0.3, 0.4) is 0 Å². The zero-order valence-electron chi connectivity index (χ0n) is 11.6. The van der Waals surface area contributed by atoms with Gasteiger partial charge in [0.15, 0.2) is 0 Å². The lowest BCUT2D eigenvalue weighted by atomic mass is 9.83. The summed E-state index contributed by atoms with van der Waals surface area (Å²) in [5.74, 6) is 0. The smallest absolute Gasteiger partial charge is 0.0312 e. The molecule has 0 saturated heterocycles. The summed E-state index contributed by atoms with van der Waals surface area (Å²) in [6.07, 6.45) is 13.0. The van der Waals surface area contributed by atoms with Crippen LogP contribution in [-0.4, -0.2) is 4.57 Å². The molecule has 1 saturated carbocycles. The Labute approximate surface area is 111 Å². The Kier molecular flexibility index (Phi) is 3.23. The van der Waals surface area contributed by atoms with Crippen molar-refractivity contribution in [1.82, 2.24) is 4.57 Å². The van der Waals surface area contributed by atoms with Gasteiger partial charge in [0, 0.05) is 24.5 Å². The maximum atomic E-state index is 6.22. The first-order chi connectivity index (χ1) is 8.74. The summed E-state index contributed by atoms with van der Waals surface area (Å²) in [5.41, 5.74) is 9.76. The standard InChI is InChI=1S/C16H26N2/c1-2-16(9-3-4-10-16)12-18-11-8-13-14(17)6-5-7-15(13)18/h8,11,14H,2-7,9-10,12,17H2,1H3. The Bertz CT molecular complexity index is 413. The van der Waals surface area contributed by atoms with Crippen LogP contribution in [0.15, 0.2) is 12.3 Å². The number of aromatic nitrogens is 1. The van der Waals surface area contributed by atoms with Gasteiger partial charge in [-0.1, -0.05) is 19.8 Å². The number of nitrogens with zero attached hydrogens (tertiary/aromatic N) is 1. The molecule has 0 bridgehead atoms. The minimum Gasteiger partial charge on any atom is -0.351 e. The molecule has 0 aliphatic heterocycles. The van der Waals surface area contributed by atoms with Gasteiger partial charge in [-0.2, -0.15) is 0 Å². The molecular weight excluding hydrogens is 220 g/mol. The Morgan fingerprint density at radius 1 is 1.33 bits per heavy atom. The maximum Gasteiger partial charge on any atom is 0.0312 e. The van der Waals surface area contributed by atoms with Crippen molar-refractivity contribution in [3.8, 4) is 0 Å². The second kappa shape index (κ2) is 4.73. The lowest BCUT2D eigenvalue weighted by Crippen LogP contribution is -2.25. The van der Waals surface area contributed by atoms with Gasteiger partial charge < -0.3 is 10.3 Å². The second-order valence-corrected chi connectivity index (χ2v) is 6.41. The highest BCUT2D eigenvalue weighted by molar-refractivity contribution is 5.28. The van der Waals surface area contributed by atoms with Crippen LogP contribution < -0.4 is 5.73 Å². The normalized spacial score (nSPS) is 26.2. The van der Waals surface area contributed by atoms with Gasteiger partial charge in [-0.25, -0.2) is 0 Å². The predicted octanol–water partition coefficient (Wildman–Crippen LogP) is 3.79. The second-order valence-electron chi connectivity index (χ2n) is 6.41. The molecule has 1 aromatic heterocycles. The fourth-order valence-electron chi connectivity index (χ4n) is 4.05. The van der Waals surface area contributed by atoms with E-state index in [1.807, 2.05) is 0 Å². The molecule has 2 heteroatoms. The minimum absolute atomic E-state index is 0.288. The molecule has 2 aliphatic carbocycles. The first kappa shape index (κ1) is 12.3.